The molecule has 4 atom stereocenters. The Morgan fingerprint density at radius 3 is 1.92 bits per heavy atom. The fraction of sp³-hybridized carbons (Fsp3) is 0.276. The van der Waals surface area contributed by atoms with Gasteiger partial charge in [0.05, 0.1) is 16.4 Å². The Bertz CT molecular complexity index is 1240. The summed E-state index contributed by atoms with van der Waals surface area (Å²) in [4.78, 5) is 37.9. The lowest BCUT2D eigenvalue weighted by molar-refractivity contribution is -0.0675. The van der Waals surface area contributed by atoms with Gasteiger partial charge in [-0.15, -0.1) is 11.8 Å². The summed E-state index contributed by atoms with van der Waals surface area (Å²) in [5.41, 5.74) is 2.15. The van der Waals surface area contributed by atoms with Gasteiger partial charge in [-0.1, -0.05) is 65.7 Å². The predicted molar refractivity (Wildman–Crippen MR) is 141 cm³/mol. The number of aryl methyl sites for hydroxylation is 2. The lowest BCUT2D eigenvalue weighted by Gasteiger charge is -2.24. The van der Waals surface area contributed by atoms with Crippen molar-refractivity contribution >= 4 is 29.9 Å². The Morgan fingerprint density at radius 2 is 1.32 bits per heavy atom. The van der Waals surface area contributed by atoms with Crippen LogP contribution >= 0.6 is 11.8 Å². The minimum absolute atomic E-state index is 0.0267. The van der Waals surface area contributed by atoms with E-state index in [9.17, 15) is 19.5 Å². The average Bonchev–Trinajstić information content (AvgIpc) is 3.20. The Labute approximate surface area is 224 Å². The van der Waals surface area contributed by atoms with Crippen LogP contribution in [0.25, 0.3) is 0 Å². The summed E-state index contributed by atoms with van der Waals surface area (Å²) in [6, 6.07) is 22.7. The SMILES string of the molecule is Cc1ccc(C(=O)OC[C@H]2SC(O)C(OC(=O)OCc3ccccc3)[C@@H]2OC(=O)c2ccc(C)cc2)cc1. The highest BCUT2D eigenvalue weighted by Crippen LogP contribution is 2.38. The molecule has 1 N–H and O–H groups in total. The van der Waals surface area contributed by atoms with Crippen LogP contribution in [0.2, 0.25) is 0 Å². The molecule has 1 aliphatic rings. The first-order valence-electron chi connectivity index (χ1n) is 12.0. The van der Waals surface area contributed by atoms with Crippen molar-refractivity contribution in [3.05, 3.63) is 107 Å². The largest absolute Gasteiger partial charge is 0.509 e. The number of hydrogen-bond acceptors (Lipinski definition) is 9. The highest BCUT2D eigenvalue weighted by Gasteiger charge is 2.49. The normalized spacial score (nSPS) is 20.4. The molecule has 38 heavy (non-hydrogen) atoms. The number of carbonyl (C=O) groups is 3. The molecule has 3 aromatic rings. The van der Waals surface area contributed by atoms with E-state index >= 15 is 0 Å². The quantitative estimate of drug-likeness (QED) is 0.319. The second kappa shape index (κ2) is 12.6. The first-order valence-corrected chi connectivity index (χ1v) is 13.0. The highest BCUT2D eigenvalue weighted by molar-refractivity contribution is 8.00. The molecule has 0 radical (unpaired) electrons. The molecule has 0 aliphatic carbocycles. The van der Waals surface area contributed by atoms with Crippen LogP contribution in [0, 0.1) is 13.8 Å². The van der Waals surface area contributed by atoms with Gasteiger partial charge in [0.15, 0.2) is 12.2 Å². The molecule has 1 heterocycles. The van der Waals surface area contributed by atoms with Crippen LogP contribution in [-0.4, -0.2) is 52.7 Å². The maximum absolute atomic E-state index is 12.9. The van der Waals surface area contributed by atoms with Gasteiger partial charge in [-0.2, -0.15) is 0 Å². The predicted octanol–water partition coefficient (Wildman–Crippen LogP) is 4.84. The van der Waals surface area contributed by atoms with Gasteiger partial charge >= 0.3 is 18.1 Å². The number of benzene rings is 3. The topological polar surface area (TPSA) is 108 Å². The van der Waals surface area contributed by atoms with Gasteiger partial charge < -0.3 is 24.1 Å². The third-order valence-corrected chi connectivity index (χ3v) is 7.21. The Kier molecular flexibility index (Phi) is 9.04. The molecule has 0 amide bonds. The standard InChI is InChI=1S/C29H28O8S/c1-18-8-12-21(13-9-18)26(30)34-17-23-24(36-27(31)22-14-10-19(2)11-15-22)25(28(32)38-23)37-29(33)35-16-20-6-4-3-5-7-20/h3-15,23-25,28,32H,16-17H2,1-2H3/t23-,24-,25?,28?/m1/s1. The summed E-state index contributed by atoms with van der Waals surface area (Å²) >= 11 is 0.986. The van der Waals surface area contributed by atoms with E-state index in [1.54, 1.807) is 60.7 Å². The van der Waals surface area contributed by atoms with Gasteiger partial charge in [-0.25, -0.2) is 14.4 Å². The molecule has 1 fully saturated rings. The second-order valence-corrected chi connectivity index (χ2v) is 10.2. The van der Waals surface area contributed by atoms with Crippen LogP contribution in [0.3, 0.4) is 0 Å². The van der Waals surface area contributed by atoms with Crippen LogP contribution in [-0.2, 0) is 25.6 Å². The average molecular weight is 537 g/mol. The van der Waals surface area contributed by atoms with Crippen molar-refractivity contribution in [2.24, 2.45) is 0 Å². The van der Waals surface area contributed by atoms with E-state index in [2.05, 4.69) is 0 Å². The molecule has 0 bridgehead atoms. The molecule has 9 heteroatoms. The summed E-state index contributed by atoms with van der Waals surface area (Å²) < 4.78 is 21.7. The first-order chi connectivity index (χ1) is 18.3. The Balaban J connectivity index is 1.45. The van der Waals surface area contributed by atoms with Gasteiger partial charge in [0.2, 0.25) is 0 Å². The van der Waals surface area contributed by atoms with E-state index in [1.807, 2.05) is 32.0 Å². The molecule has 8 nitrogen and oxygen atoms in total. The summed E-state index contributed by atoms with van der Waals surface area (Å²) in [6.07, 6.45) is -3.35. The zero-order valence-corrected chi connectivity index (χ0v) is 21.8. The number of aliphatic hydroxyl groups excluding tert-OH is 1. The third-order valence-electron chi connectivity index (χ3n) is 5.91. The van der Waals surface area contributed by atoms with Crippen LogP contribution in [0.1, 0.15) is 37.4 Å². The van der Waals surface area contributed by atoms with E-state index in [4.69, 9.17) is 18.9 Å². The summed E-state index contributed by atoms with van der Waals surface area (Å²) in [5.74, 6) is -1.22. The molecule has 0 saturated carbocycles. The van der Waals surface area contributed by atoms with E-state index in [-0.39, 0.29) is 13.2 Å². The van der Waals surface area contributed by atoms with E-state index in [1.165, 1.54) is 0 Å². The molecule has 198 valence electrons. The molecule has 1 saturated heterocycles. The van der Waals surface area contributed by atoms with Crippen molar-refractivity contribution < 1.29 is 38.4 Å². The molecule has 2 unspecified atom stereocenters. The molecule has 0 spiro atoms. The smallest absolute Gasteiger partial charge is 0.461 e. The van der Waals surface area contributed by atoms with Crippen molar-refractivity contribution in [2.75, 3.05) is 6.61 Å². The molecular formula is C29H28O8S. The van der Waals surface area contributed by atoms with E-state index < -0.39 is 41.0 Å². The number of esters is 2. The second-order valence-electron chi connectivity index (χ2n) is 8.87. The molecule has 0 aromatic heterocycles. The van der Waals surface area contributed by atoms with Gasteiger partial charge in [0.25, 0.3) is 0 Å². The molecule has 1 aliphatic heterocycles. The zero-order chi connectivity index (χ0) is 27.1. The van der Waals surface area contributed by atoms with E-state index in [0.29, 0.717) is 11.1 Å². The van der Waals surface area contributed by atoms with Gasteiger partial charge in [-0.05, 0) is 43.7 Å². The third kappa shape index (κ3) is 7.14. The van der Waals surface area contributed by atoms with E-state index in [0.717, 1.165) is 28.5 Å². The van der Waals surface area contributed by atoms with Gasteiger partial charge in [0.1, 0.15) is 18.6 Å². The molecule has 4 rings (SSSR count). The van der Waals surface area contributed by atoms with Crippen molar-refractivity contribution in [3.63, 3.8) is 0 Å². The number of ether oxygens (including phenoxy) is 4. The first kappa shape index (κ1) is 27.2. The fourth-order valence-corrected chi connectivity index (χ4v) is 5.02. The van der Waals surface area contributed by atoms with Gasteiger partial charge in [-0.3, -0.25) is 0 Å². The fourth-order valence-electron chi connectivity index (χ4n) is 3.78. The maximum Gasteiger partial charge on any atom is 0.509 e. The lowest BCUT2D eigenvalue weighted by Crippen LogP contribution is -2.42. The minimum Gasteiger partial charge on any atom is -0.461 e. The minimum atomic E-state index is -1.24. The van der Waals surface area contributed by atoms with Crippen LogP contribution in [0.5, 0.6) is 0 Å². The zero-order valence-electron chi connectivity index (χ0n) is 20.9. The maximum atomic E-state index is 12.9. The summed E-state index contributed by atoms with van der Waals surface area (Å²) in [7, 11) is 0. The van der Waals surface area contributed by atoms with Crippen molar-refractivity contribution in [2.45, 2.75) is 43.3 Å². The summed E-state index contributed by atoms with van der Waals surface area (Å²) in [6.45, 7) is 3.59. The number of aliphatic hydroxyl groups is 1. The molecule has 3 aromatic carbocycles. The Morgan fingerprint density at radius 1 is 0.737 bits per heavy atom. The monoisotopic (exact) mass is 536 g/mol. The highest BCUT2D eigenvalue weighted by atomic mass is 32.2. The summed E-state index contributed by atoms with van der Waals surface area (Å²) in [5, 5.41) is 10.0. The number of hydrogen-bond donors (Lipinski definition) is 1. The van der Waals surface area contributed by atoms with Crippen LogP contribution < -0.4 is 0 Å². The van der Waals surface area contributed by atoms with Crippen molar-refractivity contribution in [1.82, 2.24) is 0 Å². The Hall–Kier alpha value is -3.82. The van der Waals surface area contributed by atoms with Crippen LogP contribution in [0.15, 0.2) is 78.9 Å². The van der Waals surface area contributed by atoms with Crippen molar-refractivity contribution in [1.29, 1.82) is 0 Å². The number of rotatable bonds is 8. The molecular weight excluding hydrogens is 508 g/mol. The number of carbonyl (C=O) groups excluding carboxylic acids is 3. The lowest BCUT2D eigenvalue weighted by atomic mass is 10.1. The number of thioether (sulfide) groups is 1. The van der Waals surface area contributed by atoms with Gasteiger partial charge in [0, 0.05) is 0 Å². The van der Waals surface area contributed by atoms with Crippen LogP contribution in [0.4, 0.5) is 4.79 Å². The van der Waals surface area contributed by atoms with Crippen molar-refractivity contribution in [3.8, 4) is 0 Å².